The molecule has 2 N–H and O–H groups in total. The van der Waals surface area contributed by atoms with Gasteiger partial charge in [-0.3, -0.25) is 4.79 Å². The molecule has 0 saturated heterocycles. The van der Waals surface area contributed by atoms with Crippen molar-refractivity contribution in [2.24, 2.45) is 0 Å². The predicted molar refractivity (Wildman–Crippen MR) is 98.5 cm³/mol. The summed E-state index contributed by atoms with van der Waals surface area (Å²) in [4.78, 5) is 18.5. The maximum absolute atomic E-state index is 12.1. The van der Waals surface area contributed by atoms with Crippen molar-refractivity contribution in [3.05, 3.63) is 58.9 Å². The van der Waals surface area contributed by atoms with Crippen LogP contribution in [0.1, 0.15) is 22.5 Å². The zero-order valence-electron chi connectivity index (χ0n) is 14.1. The first-order chi connectivity index (χ1) is 11.6. The summed E-state index contributed by atoms with van der Waals surface area (Å²) < 4.78 is 0. The van der Waals surface area contributed by atoms with Gasteiger partial charge in [-0.25, -0.2) is 4.98 Å². The summed E-state index contributed by atoms with van der Waals surface area (Å²) in [5, 5.41) is 6.76. The molecule has 6 heteroatoms. The number of amides is 1. The van der Waals surface area contributed by atoms with Gasteiger partial charge in [0.1, 0.15) is 5.69 Å². The van der Waals surface area contributed by atoms with Crippen LogP contribution in [0.3, 0.4) is 0 Å². The molecule has 0 saturated carbocycles. The van der Waals surface area contributed by atoms with Gasteiger partial charge in [-0.2, -0.15) is 0 Å². The molecule has 2 aromatic rings. The minimum Gasteiger partial charge on any atom is -0.384 e. The second-order valence-electron chi connectivity index (χ2n) is 5.79. The van der Waals surface area contributed by atoms with Crippen molar-refractivity contribution in [1.29, 1.82) is 0 Å². The highest BCUT2D eigenvalue weighted by atomic mass is 35.5. The van der Waals surface area contributed by atoms with E-state index in [2.05, 4.69) is 34.6 Å². The largest absolute Gasteiger partial charge is 0.384 e. The number of hydrogen-bond acceptors (Lipinski definition) is 4. The molecule has 0 fully saturated rings. The van der Waals surface area contributed by atoms with Gasteiger partial charge in [-0.05, 0) is 50.8 Å². The molecule has 0 aliphatic heterocycles. The Bertz CT molecular complexity index is 658. The number of pyridine rings is 1. The van der Waals surface area contributed by atoms with Crippen LogP contribution in [0.5, 0.6) is 0 Å². The zero-order valence-corrected chi connectivity index (χ0v) is 14.8. The molecule has 2 rings (SSSR count). The fourth-order valence-electron chi connectivity index (χ4n) is 2.17. The van der Waals surface area contributed by atoms with E-state index < -0.39 is 0 Å². The molecule has 0 atom stereocenters. The summed E-state index contributed by atoms with van der Waals surface area (Å²) in [6.45, 7) is 2.28. The van der Waals surface area contributed by atoms with Crippen LogP contribution >= 0.6 is 11.6 Å². The van der Waals surface area contributed by atoms with Gasteiger partial charge in [0.2, 0.25) is 0 Å². The smallest absolute Gasteiger partial charge is 0.270 e. The first-order valence-corrected chi connectivity index (χ1v) is 8.30. The number of rotatable bonds is 8. The number of nitrogens with zero attached hydrogens (tertiary/aromatic N) is 2. The molecule has 24 heavy (non-hydrogen) atoms. The Labute approximate surface area is 148 Å². The average molecular weight is 347 g/mol. The number of hydrogen-bond donors (Lipinski definition) is 2. The van der Waals surface area contributed by atoms with E-state index in [1.54, 1.807) is 18.3 Å². The Morgan fingerprint density at radius 3 is 2.67 bits per heavy atom. The highest BCUT2D eigenvalue weighted by molar-refractivity contribution is 6.31. The molecule has 128 valence electrons. The molecule has 0 spiro atoms. The lowest BCUT2D eigenvalue weighted by Gasteiger charge is -2.11. The van der Waals surface area contributed by atoms with E-state index in [0.717, 1.165) is 30.8 Å². The molecular formula is C18H23ClN4O. The predicted octanol–water partition coefficient (Wildman–Crippen LogP) is 3.03. The van der Waals surface area contributed by atoms with Crippen LogP contribution < -0.4 is 10.6 Å². The van der Waals surface area contributed by atoms with E-state index in [1.807, 2.05) is 24.3 Å². The Kier molecular flexibility index (Phi) is 7.03. The van der Waals surface area contributed by atoms with Crippen LogP contribution in [0.2, 0.25) is 5.02 Å². The third kappa shape index (κ3) is 5.83. The van der Waals surface area contributed by atoms with Gasteiger partial charge in [-0.1, -0.05) is 29.8 Å². The maximum Gasteiger partial charge on any atom is 0.270 e. The van der Waals surface area contributed by atoms with Crippen molar-refractivity contribution >= 4 is 23.2 Å². The van der Waals surface area contributed by atoms with Crippen molar-refractivity contribution < 1.29 is 4.79 Å². The molecule has 5 nitrogen and oxygen atoms in total. The van der Waals surface area contributed by atoms with Gasteiger partial charge in [-0.15, -0.1) is 0 Å². The Morgan fingerprint density at radius 2 is 2.00 bits per heavy atom. The van der Waals surface area contributed by atoms with Gasteiger partial charge in [0.05, 0.1) is 11.9 Å². The quantitative estimate of drug-likeness (QED) is 0.721. The number of carbonyl (C=O) groups is 1. The van der Waals surface area contributed by atoms with Crippen molar-refractivity contribution in [3.8, 4) is 0 Å². The van der Waals surface area contributed by atoms with E-state index in [9.17, 15) is 4.79 Å². The minimum absolute atomic E-state index is 0.214. The molecule has 1 heterocycles. The molecule has 0 aliphatic carbocycles. The van der Waals surface area contributed by atoms with Gasteiger partial charge in [0, 0.05) is 18.1 Å². The van der Waals surface area contributed by atoms with E-state index in [-0.39, 0.29) is 5.91 Å². The lowest BCUT2D eigenvalue weighted by molar-refractivity contribution is 0.0946. The molecule has 0 bridgehead atoms. The second kappa shape index (κ2) is 9.25. The Balaban J connectivity index is 1.81. The first-order valence-electron chi connectivity index (χ1n) is 7.92. The molecule has 0 unspecified atom stereocenters. The monoisotopic (exact) mass is 346 g/mol. The summed E-state index contributed by atoms with van der Waals surface area (Å²) >= 11 is 6.08. The fraction of sp³-hybridized carbons (Fsp3) is 0.333. The summed E-state index contributed by atoms with van der Waals surface area (Å²) in [5.74, 6) is -0.214. The van der Waals surface area contributed by atoms with E-state index >= 15 is 0 Å². The standard InChI is InChI=1S/C18H23ClN4O/c1-23(2)11-5-10-20-15-8-9-17(21-13-15)18(24)22-12-14-6-3-4-7-16(14)19/h3-4,6-9,13,20H,5,10-12H2,1-2H3,(H,22,24). The number of aromatic nitrogens is 1. The van der Waals surface area contributed by atoms with Crippen LogP contribution in [0.15, 0.2) is 42.6 Å². The van der Waals surface area contributed by atoms with Crippen LogP contribution in [0.4, 0.5) is 5.69 Å². The molecule has 1 aromatic carbocycles. The average Bonchev–Trinajstić information content (AvgIpc) is 2.58. The summed E-state index contributed by atoms with van der Waals surface area (Å²) in [6, 6.07) is 11.0. The van der Waals surface area contributed by atoms with Gasteiger partial charge >= 0.3 is 0 Å². The van der Waals surface area contributed by atoms with Crippen molar-refractivity contribution in [3.63, 3.8) is 0 Å². The number of halogens is 1. The maximum atomic E-state index is 12.1. The van der Waals surface area contributed by atoms with E-state index in [1.165, 1.54) is 0 Å². The zero-order chi connectivity index (χ0) is 17.4. The summed E-state index contributed by atoms with van der Waals surface area (Å²) in [6.07, 6.45) is 2.73. The highest BCUT2D eigenvalue weighted by Crippen LogP contribution is 2.14. The lowest BCUT2D eigenvalue weighted by atomic mass is 10.2. The second-order valence-corrected chi connectivity index (χ2v) is 6.20. The van der Waals surface area contributed by atoms with Crippen molar-refractivity contribution in [2.45, 2.75) is 13.0 Å². The number of benzene rings is 1. The molecular weight excluding hydrogens is 324 g/mol. The summed E-state index contributed by atoms with van der Waals surface area (Å²) in [7, 11) is 4.11. The van der Waals surface area contributed by atoms with Gasteiger partial charge < -0.3 is 15.5 Å². The van der Waals surface area contributed by atoms with Crippen LogP contribution in [-0.4, -0.2) is 43.0 Å². The van der Waals surface area contributed by atoms with Crippen molar-refractivity contribution in [2.75, 3.05) is 32.5 Å². The number of nitrogens with one attached hydrogen (secondary N) is 2. The minimum atomic E-state index is -0.214. The molecule has 1 aromatic heterocycles. The third-order valence-electron chi connectivity index (χ3n) is 3.50. The molecule has 0 aliphatic rings. The highest BCUT2D eigenvalue weighted by Gasteiger charge is 2.08. The fourth-order valence-corrected chi connectivity index (χ4v) is 2.37. The van der Waals surface area contributed by atoms with Crippen LogP contribution in [0, 0.1) is 0 Å². The summed E-state index contributed by atoms with van der Waals surface area (Å²) in [5.41, 5.74) is 2.18. The van der Waals surface area contributed by atoms with E-state index in [4.69, 9.17) is 11.6 Å². The molecule has 0 radical (unpaired) electrons. The van der Waals surface area contributed by atoms with Crippen molar-refractivity contribution in [1.82, 2.24) is 15.2 Å². The number of anilines is 1. The van der Waals surface area contributed by atoms with E-state index in [0.29, 0.717) is 17.3 Å². The lowest BCUT2D eigenvalue weighted by Crippen LogP contribution is -2.24. The molecule has 1 amide bonds. The Morgan fingerprint density at radius 1 is 1.21 bits per heavy atom. The Hall–Kier alpha value is -2.11. The number of carbonyl (C=O) groups excluding carboxylic acids is 1. The third-order valence-corrected chi connectivity index (χ3v) is 3.87. The van der Waals surface area contributed by atoms with Crippen LogP contribution in [-0.2, 0) is 6.54 Å². The SMILES string of the molecule is CN(C)CCCNc1ccc(C(=O)NCc2ccccc2Cl)nc1. The van der Waals surface area contributed by atoms with Crippen LogP contribution in [0.25, 0.3) is 0 Å². The van der Waals surface area contributed by atoms with Gasteiger partial charge in [0.25, 0.3) is 5.91 Å². The van der Waals surface area contributed by atoms with Gasteiger partial charge in [0.15, 0.2) is 0 Å². The normalized spacial score (nSPS) is 10.7. The topological polar surface area (TPSA) is 57.3 Å². The first kappa shape index (κ1) is 18.2.